The number of halogens is 3. The van der Waals surface area contributed by atoms with Gasteiger partial charge in [0.15, 0.2) is 17.3 Å². The smallest absolute Gasteiger partial charge is 0.224 e. The lowest BCUT2D eigenvalue weighted by atomic mass is 9.73. The molecule has 2 fully saturated rings. The minimum absolute atomic E-state index is 0.0402. The number of primary amides is 1. The number of aromatic nitrogens is 4. The summed E-state index contributed by atoms with van der Waals surface area (Å²) < 4.78 is 31.1. The van der Waals surface area contributed by atoms with Gasteiger partial charge in [0.2, 0.25) is 17.8 Å². The van der Waals surface area contributed by atoms with Crippen molar-refractivity contribution >= 4 is 46.3 Å². The third-order valence-corrected chi connectivity index (χ3v) is 7.89. The fourth-order valence-electron chi connectivity index (χ4n) is 5.39. The van der Waals surface area contributed by atoms with Crippen molar-refractivity contribution in [1.29, 1.82) is 0 Å². The lowest BCUT2D eigenvalue weighted by molar-refractivity contribution is -0.128. The Morgan fingerprint density at radius 2 is 1.89 bits per heavy atom. The van der Waals surface area contributed by atoms with Crippen LogP contribution < -0.4 is 16.4 Å². The van der Waals surface area contributed by atoms with Crippen molar-refractivity contribution in [1.82, 2.24) is 19.5 Å². The molecule has 2 aromatic heterocycles. The average Bonchev–Trinajstić information content (AvgIpc) is 3.19. The predicted octanol–water partition coefficient (Wildman–Crippen LogP) is 4.82. The molecule has 3 aromatic rings. The molecule has 2 aliphatic rings. The summed E-state index contributed by atoms with van der Waals surface area (Å²) in [4.78, 5) is 25.7. The molecule has 198 valence electrons. The zero-order valence-corrected chi connectivity index (χ0v) is 21.2. The number of aliphatic hydroxyl groups is 1. The predicted molar refractivity (Wildman–Crippen MR) is 137 cm³/mol. The number of aliphatic hydroxyl groups excluding tert-OH is 1. The number of rotatable bonds is 6. The monoisotopic (exact) mass is 533 g/mol. The zero-order chi connectivity index (χ0) is 26.3. The van der Waals surface area contributed by atoms with Crippen molar-refractivity contribution in [2.24, 2.45) is 11.1 Å². The van der Waals surface area contributed by atoms with E-state index in [-0.39, 0.29) is 40.8 Å². The first-order valence-electron chi connectivity index (χ1n) is 12.5. The van der Waals surface area contributed by atoms with Gasteiger partial charge in [-0.25, -0.2) is 18.7 Å². The van der Waals surface area contributed by atoms with Gasteiger partial charge in [0.1, 0.15) is 11.2 Å². The van der Waals surface area contributed by atoms with Crippen LogP contribution in [-0.2, 0) is 4.79 Å². The number of nitrogens with two attached hydrogens (primary N) is 1. The molecule has 9 nitrogen and oxygen atoms in total. The van der Waals surface area contributed by atoms with Gasteiger partial charge in [-0.15, -0.1) is 0 Å². The molecule has 2 heterocycles. The third-order valence-electron chi connectivity index (χ3n) is 7.67. The maximum Gasteiger partial charge on any atom is 0.224 e. The van der Waals surface area contributed by atoms with Crippen molar-refractivity contribution < 1.29 is 18.7 Å². The summed E-state index contributed by atoms with van der Waals surface area (Å²) in [5.41, 5.74) is 5.61. The molecular formula is C25H30ClF2N7O2. The first kappa shape index (κ1) is 25.6. The first-order chi connectivity index (χ1) is 17.6. The molecule has 2 aliphatic carbocycles. The highest BCUT2D eigenvalue weighted by Gasteiger charge is 2.38. The van der Waals surface area contributed by atoms with Crippen molar-refractivity contribution in [3.05, 3.63) is 35.0 Å². The number of benzene rings is 1. The van der Waals surface area contributed by atoms with Gasteiger partial charge in [0, 0.05) is 22.5 Å². The Kier molecular flexibility index (Phi) is 6.93. The van der Waals surface area contributed by atoms with Gasteiger partial charge < -0.3 is 21.5 Å². The molecule has 0 spiro atoms. The first-order valence-corrected chi connectivity index (χ1v) is 12.9. The normalized spacial score (nSPS) is 26.2. The molecule has 5 rings (SSSR count). The Morgan fingerprint density at radius 3 is 2.54 bits per heavy atom. The van der Waals surface area contributed by atoms with E-state index in [1.807, 2.05) is 11.5 Å². The van der Waals surface area contributed by atoms with E-state index in [2.05, 4.69) is 20.6 Å². The number of amides is 1. The number of anilines is 3. The summed E-state index contributed by atoms with van der Waals surface area (Å²) in [6.45, 7) is 1.86. The van der Waals surface area contributed by atoms with Crippen LogP contribution in [0.3, 0.4) is 0 Å². The molecule has 2 saturated carbocycles. The quantitative estimate of drug-likeness (QED) is 0.357. The Morgan fingerprint density at radius 1 is 1.19 bits per heavy atom. The van der Waals surface area contributed by atoms with Crippen LogP contribution in [0.4, 0.5) is 26.4 Å². The molecule has 12 heteroatoms. The van der Waals surface area contributed by atoms with Crippen LogP contribution in [0.25, 0.3) is 11.2 Å². The highest BCUT2D eigenvalue weighted by atomic mass is 35.5. The Bertz CT molecular complexity index is 1300. The molecule has 0 unspecified atom stereocenters. The second-order valence-electron chi connectivity index (χ2n) is 10.4. The highest BCUT2D eigenvalue weighted by Crippen LogP contribution is 2.43. The molecule has 0 saturated heterocycles. The number of nitrogens with one attached hydrogen (secondary N) is 2. The van der Waals surface area contributed by atoms with Crippen molar-refractivity contribution in [2.75, 3.05) is 10.6 Å². The van der Waals surface area contributed by atoms with Crippen molar-refractivity contribution in [3.8, 4) is 0 Å². The lowest BCUT2D eigenvalue weighted by Gasteiger charge is -2.35. The second-order valence-corrected chi connectivity index (χ2v) is 10.8. The van der Waals surface area contributed by atoms with Gasteiger partial charge >= 0.3 is 0 Å². The van der Waals surface area contributed by atoms with E-state index < -0.39 is 17.0 Å². The van der Waals surface area contributed by atoms with Gasteiger partial charge in [-0.05, 0) is 63.5 Å². The summed E-state index contributed by atoms with van der Waals surface area (Å²) in [6, 6.07) is 1.95. The van der Waals surface area contributed by atoms with Crippen molar-refractivity contribution in [2.45, 2.75) is 76.5 Å². The third kappa shape index (κ3) is 5.19. The number of hydrogen-bond donors (Lipinski definition) is 4. The molecule has 5 N–H and O–H groups in total. The Hall–Kier alpha value is -3.05. The zero-order valence-electron chi connectivity index (χ0n) is 20.5. The second kappa shape index (κ2) is 10.0. The van der Waals surface area contributed by atoms with Gasteiger partial charge in [-0.1, -0.05) is 18.5 Å². The van der Waals surface area contributed by atoms with Gasteiger partial charge in [0.05, 0.1) is 12.3 Å². The minimum Gasteiger partial charge on any atom is -0.393 e. The average molecular weight is 534 g/mol. The maximum atomic E-state index is 14.6. The van der Waals surface area contributed by atoms with Gasteiger partial charge in [-0.2, -0.15) is 4.98 Å². The fraction of sp³-hybridized carbons (Fsp3) is 0.520. The molecule has 0 aliphatic heterocycles. The topological polar surface area (TPSA) is 131 Å². The molecule has 0 radical (unpaired) electrons. The van der Waals surface area contributed by atoms with E-state index in [1.165, 1.54) is 0 Å². The summed E-state index contributed by atoms with van der Waals surface area (Å²) in [7, 11) is 0. The lowest BCUT2D eigenvalue weighted by Crippen LogP contribution is -2.38. The van der Waals surface area contributed by atoms with Crippen LogP contribution in [0.15, 0.2) is 18.3 Å². The molecule has 0 bridgehead atoms. The number of carbonyl (C=O) groups excluding carboxylic acids is 1. The standard InChI is InChI=1S/C25H30ClF2N7O2/c1-25(22(29)37)7-5-15(6-8-25)35-21-19(12-30-23(34-21)31-14-3-2-4-16(36)11-14)32-24(35)33-20-17(27)9-13(26)10-18(20)28/h9-10,12,14-16,36H,2-8,11H2,1H3,(H2,29,37)(H,32,33)(H,30,31,34)/t14-,15?,16+,25?/m1/s1. The number of imidazole rings is 1. The van der Waals surface area contributed by atoms with Crippen LogP contribution in [0.1, 0.15) is 64.3 Å². The van der Waals surface area contributed by atoms with Crippen LogP contribution in [0.5, 0.6) is 0 Å². The van der Waals surface area contributed by atoms with Crippen LogP contribution >= 0.6 is 11.6 Å². The molecule has 2 atom stereocenters. The Balaban J connectivity index is 1.52. The number of hydrogen-bond acceptors (Lipinski definition) is 7. The molecule has 37 heavy (non-hydrogen) atoms. The SMILES string of the molecule is CC1(C(N)=O)CCC(n2c(Nc3c(F)cc(Cl)cc3F)nc3cnc(N[C@@H]4CCC[C@H](O)C4)nc32)CC1. The summed E-state index contributed by atoms with van der Waals surface area (Å²) in [5, 5.41) is 16.1. The van der Waals surface area contributed by atoms with E-state index in [0.717, 1.165) is 31.4 Å². The fourth-order valence-corrected chi connectivity index (χ4v) is 5.58. The van der Waals surface area contributed by atoms with Crippen LogP contribution in [-0.4, -0.2) is 42.7 Å². The number of nitrogens with zero attached hydrogens (tertiary/aromatic N) is 4. The highest BCUT2D eigenvalue weighted by molar-refractivity contribution is 6.30. The van der Waals surface area contributed by atoms with Gasteiger partial charge in [-0.3, -0.25) is 9.36 Å². The van der Waals surface area contributed by atoms with E-state index in [0.29, 0.717) is 49.2 Å². The van der Waals surface area contributed by atoms with E-state index in [1.54, 1.807) is 6.20 Å². The summed E-state index contributed by atoms with van der Waals surface area (Å²) >= 11 is 5.79. The maximum absolute atomic E-state index is 14.6. The minimum atomic E-state index is -0.849. The van der Waals surface area contributed by atoms with Crippen LogP contribution in [0, 0.1) is 17.0 Å². The molecule has 1 aromatic carbocycles. The van der Waals surface area contributed by atoms with Crippen LogP contribution in [0.2, 0.25) is 5.02 Å². The van der Waals surface area contributed by atoms with Gasteiger partial charge in [0.25, 0.3) is 0 Å². The largest absolute Gasteiger partial charge is 0.393 e. The molecule has 1 amide bonds. The van der Waals surface area contributed by atoms with E-state index in [9.17, 15) is 18.7 Å². The Labute approximate surface area is 217 Å². The van der Waals surface area contributed by atoms with E-state index in [4.69, 9.17) is 22.3 Å². The number of fused-ring (bicyclic) bond motifs is 1. The summed E-state index contributed by atoms with van der Waals surface area (Å²) in [6.07, 6.45) is 6.73. The van der Waals surface area contributed by atoms with E-state index >= 15 is 0 Å². The van der Waals surface area contributed by atoms with Crippen molar-refractivity contribution in [3.63, 3.8) is 0 Å². The molecular weight excluding hydrogens is 504 g/mol. The number of carbonyl (C=O) groups is 1. The summed E-state index contributed by atoms with van der Waals surface area (Å²) in [5.74, 6) is -1.44.